The SMILES string of the molecule is N#Cc1ccc(-c2cccc3sc4ccc5c(c4c23)-c2ccccc2C52c3ccccc3-c3ccc(-c4nc5ccccc5n4-c4ccccc4)cc32)cc1. The van der Waals surface area contributed by atoms with Crippen molar-refractivity contribution in [3.05, 3.63) is 204 Å². The van der Waals surface area contributed by atoms with E-state index in [0.29, 0.717) is 5.56 Å². The van der Waals surface area contributed by atoms with Gasteiger partial charge in [-0.1, -0.05) is 121 Å². The van der Waals surface area contributed by atoms with Crippen molar-refractivity contribution in [3.63, 3.8) is 0 Å². The average molecular weight is 716 g/mol. The highest BCUT2D eigenvalue weighted by Crippen LogP contribution is 2.65. The van der Waals surface area contributed by atoms with E-state index in [9.17, 15) is 5.26 Å². The third-order valence-corrected chi connectivity index (χ3v) is 13.0. The molecule has 0 saturated heterocycles. The van der Waals surface area contributed by atoms with Crippen LogP contribution in [0, 0.1) is 11.3 Å². The van der Waals surface area contributed by atoms with Crippen molar-refractivity contribution in [2.45, 2.75) is 5.41 Å². The molecule has 2 heterocycles. The number of benzene rings is 8. The normalized spacial score (nSPS) is 15.0. The predicted molar refractivity (Wildman–Crippen MR) is 226 cm³/mol. The summed E-state index contributed by atoms with van der Waals surface area (Å²) in [6, 6.07) is 65.8. The van der Waals surface area contributed by atoms with Gasteiger partial charge in [0.15, 0.2) is 0 Å². The maximum absolute atomic E-state index is 9.55. The van der Waals surface area contributed by atoms with E-state index < -0.39 is 5.41 Å². The van der Waals surface area contributed by atoms with E-state index >= 15 is 0 Å². The molecule has 1 unspecified atom stereocenters. The number of hydrogen-bond acceptors (Lipinski definition) is 3. The van der Waals surface area contributed by atoms with E-state index in [1.165, 1.54) is 70.2 Å². The van der Waals surface area contributed by atoms with Gasteiger partial charge in [0.2, 0.25) is 0 Å². The number of nitriles is 1. The van der Waals surface area contributed by atoms with Crippen LogP contribution in [-0.4, -0.2) is 9.55 Å². The summed E-state index contributed by atoms with van der Waals surface area (Å²) < 4.78 is 4.84. The Kier molecular flexibility index (Phi) is 6.21. The van der Waals surface area contributed by atoms with Crippen LogP contribution in [0.25, 0.3) is 81.7 Å². The van der Waals surface area contributed by atoms with Crippen molar-refractivity contribution >= 4 is 42.5 Å². The van der Waals surface area contributed by atoms with Gasteiger partial charge < -0.3 is 0 Å². The Morgan fingerprint density at radius 3 is 2.02 bits per heavy atom. The van der Waals surface area contributed by atoms with Crippen LogP contribution in [-0.2, 0) is 5.41 Å². The number of para-hydroxylation sites is 3. The lowest BCUT2D eigenvalue weighted by Gasteiger charge is -2.30. The van der Waals surface area contributed by atoms with Crippen LogP contribution in [0.3, 0.4) is 0 Å². The van der Waals surface area contributed by atoms with Crippen molar-refractivity contribution in [1.29, 1.82) is 5.26 Å². The largest absolute Gasteiger partial charge is 0.292 e. The van der Waals surface area contributed by atoms with Gasteiger partial charge in [-0.3, -0.25) is 4.57 Å². The molecule has 0 N–H and O–H groups in total. The van der Waals surface area contributed by atoms with Gasteiger partial charge in [0.05, 0.1) is 28.1 Å². The molecule has 4 heteroatoms. The van der Waals surface area contributed by atoms with Crippen molar-refractivity contribution in [2.24, 2.45) is 0 Å². The lowest BCUT2D eigenvalue weighted by molar-refractivity contribution is 0.794. The van der Waals surface area contributed by atoms with E-state index in [4.69, 9.17) is 4.98 Å². The van der Waals surface area contributed by atoms with Crippen LogP contribution in [0.5, 0.6) is 0 Å². The lowest BCUT2D eigenvalue weighted by Crippen LogP contribution is -2.25. The molecule has 1 spiro atoms. The van der Waals surface area contributed by atoms with Crippen LogP contribution in [0.2, 0.25) is 0 Å². The number of thiophene rings is 1. The fourth-order valence-corrected chi connectivity index (χ4v) is 10.8. The number of rotatable bonds is 3. The van der Waals surface area contributed by atoms with Crippen LogP contribution in [0.1, 0.15) is 27.8 Å². The molecule has 12 rings (SSSR count). The monoisotopic (exact) mass is 715 g/mol. The highest BCUT2D eigenvalue weighted by Gasteiger charge is 2.52. The Bertz CT molecular complexity index is 3270. The second kappa shape index (κ2) is 11.2. The first-order valence-corrected chi connectivity index (χ1v) is 19.4. The van der Waals surface area contributed by atoms with Gasteiger partial charge in [-0.2, -0.15) is 5.26 Å². The molecule has 2 aliphatic carbocycles. The molecular formula is C51H29N3S. The molecule has 3 nitrogen and oxygen atoms in total. The first kappa shape index (κ1) is 30.4. The van der Waals surface area contributed by atoms with Gasteiger partial charge >= 0.3 is 0 Å². The maximum Gasteiger partial charge on any atom is 0.145 e. The Morgan fingerprint density at radius 1 is 0.509 bits per heavy atom. The summed E-state index contributed by atoms with van der Waals surface area (Å²) in [5.74, 6) is 0.930. The smallest absolute Gasteiger partial charge is 0.145 e. The minimum Gasteiger partial charge on any atom is -0.292 e. The number of nitrogens with zero attached hydrogens (tertiary/aromatic N) is 3. The van der Waals surface area contributed by atoms with Gasteiger partial charge in [-0.25, -0.2) is 4.98 Å². The summed E-state index contributed by atoms with van der Waals surface area (Å²) in [7, 11) is 0. The third-order valence-electron chi connectivity index (χ3n) is 11.9. The summed E-state index contributed by atoms with van der Waals surface area (Å²) in [4.78, 5) is 5.30. The van der Waals surface area contributed by atoms with Crippen molar-refractivity contribution in [1.82, 2.24) is 9.55 Å². The molecule has 0 fully saturated rings. The first-order valence-electron chi connectivity index (χ1n) is 18.6. The highest BCUT2D eigenvalue weighted by molar-refractivity contribution is 7.26. The molecule has 10 aromatic rings. The molecule has 55 heavy (non-hydrogen) atoms. The molecular weight excluding hydrogens is 687 g/mol. The van der Waals surface area contributed by atoms with Gasteiger partial charge in [-0.05, 0) is 110 Å². The molecule has 1 atom stereocenters. The zero-order valence-corrected chi connectivity index (χ0v) is 30.3. The van der Waals surface area contributed by atoms with E-state index in [0.717, 1.165) is 33.7 Å². The molecule has 0 bridgehead atoms. The van der Waals surface area contributed by atoms with Crippen LogP contribution in [0.15, 0.2) is 176 Å². The number of imidazole rings is 1. The third kappa shape index (κ3) is 4.00. The number of hydrogen-bond donors (Lipinski definition) is 0. The predicted octanol–water partition coefficient (Wildman–Crippen LogP) is 12.9. The van der Waals surface area contributed by atoms with Gasteiger partial charge in [0.1, 0.15) is 5.82 Å². The quantitative estimate of drug-likeness (QED) is 0.183. The van der Waals surface area contributed by atoms with E-state index in [-0.39, 0.29) is 0 Å². The minimum atomic E-state index is -0.525. The van der Waals surface area contributed by atoms with E-state index in [1.54, 1.807) is 0 Å². The molecule has 0 aliphatic heterocycles. The van der Waals surface area contributed by atoms with Crippen LogP contribution >= 0.6 is 11.3 Å². The molecule has 8 aromatic carbocycles. The second-order valence-corrected chi connectivity index (χ2v) is 15.6. The molecule has 2 aromatic heterocycles. The molecule has 254 valence electrons. The molecule has 2 aliphatic rings. The van der Waals surface area contributed by atoms with E-state index in [1.807, 2.05) is 23.5 Å². The Hall–Kier alpha value is -7.06. The maximum atomic E-state index is 9.55. The Labute approximate surface area is 321 Å². The van der Waals surface area contributed by atoms with Gasteiger partial charge in [-0.15, -0.1) is 11.3 Å². The minimum absolute atomic E-state index is 0.525. The summed E-state index contributed by atoms with van der Waals surface area (Å²) in [5, 5.41) is 12.1. The summed E-state index contributed by atoms with van der Waals surface area (Å²) in [6.07, 6.45) is 0. The summed E-state index contributed by atoms with van der Waals surface area (Å²) >= 11 is 1.86. The Morgan fingerprint density at radius 2 is 1.18 bits per heavy atom. The molecule has 0 radical (unpaired) electrons. The number of aromatic nitrogens is 2. The van der Waals surface area contributed by atoms with E-state index in [2.05, 4.69) is 174 Å². The topological polar surface area (TPSA) is 41.6 Å². The van der Waals surface area contributed by atoms with Gasteiger partial charge in [0.25, 0.3) is 0 Å². The lowest BCUT2D eigenvalue weighted by atomic mass is 9.70. The van der Waals surface area contributed by atoms with Crippen molar-refractivity contribution < 1.29 is 0 Å². The second-order valence-electron chi connectivity index (χ2n) is 14.5. The highest BCUT2D eigenvalue weighted by atomic mass is 32.1. The van der Waals surface area contributed by atoms with Crippen molar-refractivity contribution in [2.75, 3.05) is 0 Å². The van der Waals surface area contributed by atoms with Crippen LogP contribution in [0.4, 0.5) is 0 Å². The van der Waals surface area contributed by atoms with Gasteiger partial charge in [0, 0.05) is 31.4 Å². The standard InChI is InChI=1S/C51H29N3S/c52-30-31-21-23-32(24-22-31)35-15-10-20-45-48(35)49-46(55-45)28-27-41-47(49)38-14-5-7-17-40(38)51(41)39-16-6-4-13-36(39)37-26-25-33(29-42(37)51)50-53-43-18-8-9-19-44(43)54(50)34-11-2-1-3-12-34/h1-29H. The zero-order valence-electron chi connectivity index (χ0n) is 29.5. The zero-order chi connectivity index (χ0) is 36.3. The fraction of sp³-hybridized carbons (Fsp3) is 0.0196. The summed E-state index contributed by atoms with van der Waals surface area (Å²) in [5.41, 5.74) is 17.0. The average Bonchev–Trinajstić information content (AvgIpc) is 3.99. The van der Waals surface area contributed by atoms with Crippen molar-refractivity contribution in [3.8, 4) is 56.5 Å². The number of fused-ring (bicyclic) bond motifs is 15. The Balaban J connectivity index is 1.18. The van der Waals surface area contributed by atoms with Crippen LogP contribution < -0.4 is 0 Å². The first-order chi connectivity index (χ1) is 27.2. The molecule has 0 amide bonds. The summed E-state index contributed by atoms with van der Waals surface area (Å²) in [6.45, 7) is 0. The fourth-order valence-electron chi connectivity index (χ4n) is 9.70. The molecule has 0 saturated carbocycles.